The zero-order valence-corrected chi connectivity index (χ0v) is 19.2. The molecule has 32 heavy (non-hydrogen) atoms. The molecule has 0 radical (unpaired) electrons. The van der Waals surface area contributed by atoms with Gasteiger partial charge in [-0.2, -0.15) is 4.31 Å². The molecule has 1 aliphatic rings. The average molecular weight is 460 g/mol. The first-order chi connectivity index (χ1) is 15.3. The Morgan fingerprint density at radius 3 is 2.34 bits per heavy atom. The molecule has 3 rings (SSSR count). The van der Waals surface area contributed by atoms with E-state index >= 15 is 0 Å². The van der Waals surface area contributed by atoms with Crippen LogP contribution in [0.3, 0.4) is 0 Å². The van der Waals surface area contributed by atoms with E-state index in [-0.39, 0.29) is 16.8 Å². The van der Waals surface area contributed by atoms with E-state index in [1.165, 1.54) is 32.7 Å². The van der Waals surface area contributed by atoms with Crippen molar-refractivity contribution in [3.05, 3.63) is 54.1 Å². The summed E-state index contributed by atoms with van der Waals surface area (Å²) in [6.07, 6.45) is 5.28. The maximum atomic E-state index is 12.8. The quantitative estimate of drug-likeness (QED) is 0.631. The number of amides is 2. The van der Waals surface area contributed by atoms with Gasteiger partial charge in [0, 0.05) is 13.1 Å². The molecule has 0 spiro atoms. The van der Waals surface area contributed by atoms with Gasteiger partial charge in [0.25, 0.3) is 5.91 Å². The molecule has 9 heteroatoms. The number of likely N-dealkylation sites (N-methyl/N-ethyl adjacent to an activating group) is 1. The van der Waals surface area contributed by atoms with E-state index < -0.39 is 22.5 Å². The molecule has 0 saturated heterocycles. The Labute approximate surface area is 189 Å². The van der Waals surface area contributed by atoms with Crippen molar-refractivity contribution in [3.8, 4) is 5.75 Å². The molecule has 1 fully saturated rings. The van der Waals surface area contributed by atoms with Crippen LogP contribution in [0.2, 0.25) is 0 Å². The van der Waals surface area contributed by atoms with Gasteiger partial charge in [0.1, 0.15) is 5.75 Å². The molecule has 2 aromatic rings. The predicted octanol–water partition coefficient (Wildman–Crippen LogP) is 3.02. The number of anilines is 1. The Morgan fingerprint density at radius 2 is 1.69 bits per heavy atom. The minimum Gasteiger partial charge on any atom is -0.497 e. The molecule has 1 saturated carbocycles. The lowest BCUT2D eigenvalue weighted by Gasteiger charge is -2.23. The van der Waals surface area contributed by atoms with Gasteiger partial charge < -0.3 is 15.4 Å². The largest absolute Gasteiger partial charge is 0.497 e. The third-order valence-electron chi connectivity index (χ3n) is 5.52. The van der Waals surface area contributed by atoms with Crippen molar-refractivity contribution in [1.29, 1.82) is 0 Å². The topological polar surface area (TPSA) is 105 Å². The van der Waals surface area contributed by atoms with Crippen LogP contribution in [0, 0.1) is 0 Å². The number of carbonyl (C=O) groups excluding carboxylic acids is 2. The molecule has 1 aliphatic carbocycles. The molecule has 2 N–H and O–H groups in total. The average Bonchev–Trinajstić information content (AvgIpc) is 2.80. The van der Waals surface area contributed by atoms with E-state index in [9.17, 15) is 18.0 Å². The zero-order valence-electron chi connectivity index (χ0n) is 18.3. The van der Waals surface area contributed by atoms with Crippen LogP contribution >= 0.6 is 0 Å². The highest BCUT2D eigenvalue weighted by molar-refractivity contribution is 7.89. The minimum atomic E-state index is -3.86. The summed E-state index contributed by atoms with van der Waals surface area (Å²) < 4.78 is 31.5. The predicted molar refractivity (Wildman–Crippen MR) is 122 cm³/mol. The summed E-state index contributed by atoms with van der Waals surface area (Å²) >= 11 is 0. The fourth-order valence-corrected chi connectivity index (χ4v) is 4.83. The van der Waals surface area contributed by atoms with Gasteiger partial charge in [-0.3, -0.25) is 9.59 Å². The summed E-state index contributed by atoms with van der Waals surface area (Å²) in [6, 6.07) is 12.8. The summed E-state index contributed by atoms with van der Waals surface area (Å²) in [6.45, 7) is -0.396. The van der Waals surface area contributed by atoms with Crippen LogP contribution in [0.25, 0.3) is 0 Å². The van der Waals surface area contributed by atoms with Gasteiger partial charge in [0.15, 0.2) is 0 Å². The second-order valence-electron chi connectivity index (χ2n) is 7.84. The molecule has 0 unspecified atom stereocenters. The first-order valence-corrected chi connectivity index (χ1v) is 12.1. The van der Waals surface area contributed by atoms with E-state index in [0.717, 1.165) is 30.0 Å². The fourth-order valence-electron chi connectivity index (χ4n) is 3.70. The number of sulfonamides is 1. The van der Waals surface area contributed by atoms with Crippen molar-refractivity contribution >= 4 is 27.5 Å². The standard InChI is InChI=1S/C23H29N3O5S/c1-26(32(29,30)19-14-12-18(31-2)13-15-19)16-22(27)25-21-11-7-6-10-20(21)23(28)24-17-8-4-3-5-9-17/h6-7,10-15,17H,3-5,8-9,16H2,1-2H3,(H,24,28)(H,25,27). The maximum Gasteiger partial charge on any atom is 0.253 e. The van der Waals surface area contributed by atoms with Crippen molar-refractivity contribution in [2.24, 2.45) is 0 Å². The van der Waals surface area contributed by atoms with Crippen LogP contribution in [0.4, 0.5) is 5.69 Å². The van der Waals surface area contributed by atoms with Crippen molar-refractivity contribution in [2.45, 2.75) is 43.0 Å². The number of nitrogens with zero attached hydrogens (tertiary/aromatic N) is 1. The number of hydrogen-bond acceptors (Lipinski definition) is 5. The van der Waals surface area contributed by atoms with Crippen LogP contribution < -0.4 is 15.4 Å². The highest BCUT2D eigenvalue weighted by Gasteiger charge is 2.24. The number of carbonyl (C=O) groups is 2. The SMILES string of the molecule is COc1ccc(S(=O)(=O)N(C)CC(=O)Nc2ccccc2C(=O)NC2CCCCC2)cc1. The second kappa shape index (κ2) is 10.6. The highest BCUT2D eigenvalue weighted by Crippen LogP contribution is 2.21. The summed E-state index contributed by atoms with van der Waals surface area (Å²) in [5.41, 5.74) is 0.702. The van der Waals surface area contributed by atoms with E-state index in [1.54, 1.807) is 36.4 Å². The smallest absolute Gasteiger partial charge is 0.253 e. The third-order valence-corrected chi connectivity index (χ3v) is 7.34. The Hall–Kier alpha value is -2.91. The third kappa shape index (κ3) is 5.86. The summed E-state index contributed by atoms with van der Waals surface area (Å²) in [7, 11) is -1.03. The Balaban J connectivity index is 1.65. The van der Waals surface area contributed by atoms with Gasteiger partial charge in [0.2, 0.25) is 15.9 Å². The number of hydrogen-bond donors (Lipinski definition) is 2. The second-order valence-corrected chi connectivity index (χ2v) is 9.88. The van der Waals surface area contributed by atoms with Gasteiger partial charge in [0.05, 0.1) is 29.8 Å². The minimum absolute atomic E-state index is 0.0564. The number of methoxy groups -OCH3 is 1. The van der Waals surface area contributed by atoms with Crippen molar-refractivity contribution in [3.63, 3.8) is 0 Å². The Bertz CT molecular complexity index is 1050. The van der Waals surface area contributed by atoms with Crippen LogP contribution in [0.5, 0.6) is 5.75 Å². The lowest BCUT2D eigenvalue weighted by molar-refractivity contribution is -0.116. The summed E-state index contributed by atoms with van der Waals surface area (Å²) in [5.74, 6) is -0.248. The number of rotatable bonds is 8. The van der Waals surface area contributed by atoms with Gasteiger partial charge in [-0.05, 0) is 49.2 Å². The molecule has 2 amide bonds. The van der Waals surface area contributed by atoms with Crippen LogP contribution in [0.15, 0.2) is 53.4 Å². The molecular formula is C23H29N3O5S. The van der Waals surface area contributed by atoms with Gasteiger partial charge in [-0.25, -0.2) is 8.42 Å². The van der Waals surface area contributed by atoms with Crippen LogP contribution in [0.1, 0.15) is 42.5 Å². The zero-order chi connectivity index (χ0) is 23.1. The van der Waals surface area contributed by atoms with Crippen molar-refractivity contribution < 1.29 is 22.7 Å². The van der Waals surface area contributed by atoms with E-state index in [2.05, 4.69) is 10.6 Å². The van der Waals surface area contributed by atoms with E-state index in [0.29, 0.717) is 17.0 Å². The maximum absolute atomic E-state index is 12.8. The number of nitrogens with one attached hydrogen (secondary N) is 2. The molecule has 2 aromatic carbocycles. The molecular weight excluding hydrogens is 430 g/mol. The first-order valence-electron chi connectivity index (χ1n) is 10.6. The van der Waals surface area contributed by atoms with Gasteiger partial charge in [-0.1, -0.05) is 31.4 Å². The van der Waals surface area contributed by atoms with Crippen LogP contribution in [-0.4, -0.2) is 51.3 Å². The molecule has 0 aromatic heterocycles. The van der Waals surface area contributed by atoms with Crippen molar-refractivity contribution in [1.82, 2.24) is 9.62 Å². The monoisotopic (exact) mass is 459 g/mol. The molecule has 172 valence electrons. The Morgan fingerprint density at radius 1 is 1.03 bits per heavy atom. The van der Waals surface area contributed by atoms with E-state index in [1.807, 2.05) is 0 Å². The number of ether oxygens (including phenoxy) is 1. The number of para-hydroxylation sites is 1. The summed E-state index contributed by atoms with van der Waals surface area (Å²) in [4.78, 5) is 25.4. The lowest BCUT2D eigenvalue weighted by Crippen LogP contribution is -2.37. The Kier molecular flexibility index (Phi) is 7.87. The molecule has 0 bridgehead atoms. The van der Waals surface area contributed by atoms with Gasteiger partial charge >= 0.3 is 0 Å². The van der Waals surface area contributed by atoms with Crippen LogP contribution in [-0.2, 0) is 14.8 Å². The number of benzene rings is 2. The first kappa shape index (κ1) is 23.7. The molecule has 0 aliphatic heterocycles. The normalized spacial score (nSPS) is 14.7. The highest BCUT2D eigenvalue weighted by atomic mass is 32.2. The molecule has 0 atom stereocenters. The van der Waals surface area contributed by atoms with Crippen molar-refractivity contribution in [2.75, 3.05) is 26.0 Å². The van der Waals surface area contributed by atoms with Gasteiger partial charge in [-0.15, -0.1) is 0 Å². The molecule has 0 heterocycles. The fraction of sp³-hybridized carbons (Fsp3) is 0.391. The lowest BCUT2D eigenvalue weighted by atomic mass is 9.95. The summed E-state index contributed by atoms with van der Waals surface area (Å²) in [5, 5.41) is 5.71. The van der Waals surface area contributed by atoms with E-state index in [4.69, 9.17) is 4.74 Å². The molecule has 8 nitrogen and oxygen atoms in total.